The number of amides is 1. The highest BCUT2D eigenvalue weighted by molar-refractivity contribution is 5.76. The first-order valence-corrected chi connectivity index (χ1v) is 8.41. The highest BCUT2D eigenvalue weighted by atomic mass is 16.1. The molecule has 0 saturated carbocycles. The van der Waals surface area contributed by atoms with E-state index in [1.165, 1.54) is 0 Å². The van der Waals surface area contributed by atoms with E-state index in [9.17, 15) is 4.79 Å². The molecular weight excluding hydrogens is 312 g/mol. The van der Waals surface area contributed by atoms with Crippen molar-refractivity contribution in [3.63, 3.8) is 0 Å². The summed E-state index contributed by atoms with van der Waals surface area (Å²) >= 11 is 0. The van der Waals surface area contributed by atoms with Crippen molar-refractivity contribution in [3.05, 3.63) is 77.4 Å². The Bertz CT molecular complexity index is 841. The lowest BCUT2D eigenvalue weighted by molar-refractivity contribution is -0.121. The van der Waals surface area contributed by atoms with Crippen LogP contribution in [0.25, 0.3) is 5.69 Å². The van der Waals surface area contributed by atoms with Gasteiger partial charge >= 0.3 is 0 Å². The van der Waals surface area contributed by atoms with E-state index in [-0.39, 0.29) is 5.91 Å². The first-order chi connectivity index (χ1) is 12.1. The fourth-order valence-corrected chi connectivity index (χ4v) is 2.89. The van der Waals surface area contributed by atoms with Gasteiger partial charge in [-0.2, -0.15) is 5.10 Å². The molecule has 0 saturated heterocycles. The summed E-state index contributed by atoms with van der Waals surface area (Å²) in [7, 11) is 0. The molecule has 0 bridgehead atoms. The summed E-state index contributed by atoms with van der Waals surface area (Å²) < 4.78 is 1.94. The first kappa shape index (κ1) is 16.9. The smallest absolute Gasteiger partial charge is 0.220 e. The predicted octanol–water partition coefficient (Wildman–Crippen LogP) is 3.13. The summed E-state index contributed by atoms with van der Waals surface area (Å²) in [5.74, 6) is 0.0371. The zero-order valence-electron chi connectivity index (χ0n) is 14.6. The van der Waals surface area contributed by atoms with Crippen LogP contribution in [0.4, 0.5) is 0 Å². The van der Waals surface area contributed by atoms with Crippen molar-refractivity contribution < 1.29 is 4.79 Å². The van der Waals surface area contributed by atoms with Gasteiger partial charge in [0.1, 0.15) is 0 Å². The minimum Gasteiger partial charge on any atom is -0.352 e. The molecule has 0 unspecified atom stereocenters. The van der Waals surface area contributed by atoms with E-state index in [0.717, 1.165) is 28.2 Å². The van der Waals surface area contributed by atoms with Crippen molar-refractivity contribution in [2.24, 2.45) is 0 Å². The number of pyridine rings is 1. The summed E-state index contributed by atoms with van der Waals surface area (Å²) in [5, 5.41) is 7.57. The highest BCUT2D eigenvalue weighted by Gasteiger charge is 2.14. The summed E-state index contributed by atoms with van der Waals surface area (Å²) in [6.07, 6.45) is 4.62. The second-order valence-electron chi connectivity index (χ2n) is 6.03. The first-order valence-electron chi connectivity index (χ1n) is 8.41. The van der Waals surface area contributed by atoms with Gasteiger partial charge < -0.3 is 5.32 Å². The Hall–Kier alpha value is -2.95. The number of nitrogens with zero attached hydrogens (tertiary/aromatic N) is 3. The summed E-state index contributed by atoms with van der Waals surface area (Å²) in [4.78, 5) is 16.2. The number of carbonyl (C=O) groups excluding carboxylic acids is 1. The highest BCUT2D eigenvalue weighted by Crippen LogP contribution is 2.19. The number of hydrogen-bond acceptors (Lipinski definition) is 3. The third-order valence-electron chi connectivity index (χ3n) is 4.26. The molecule has 0 spiro atoms. The molecule has 1 amide bonds. The molecule has 2 aromatic heterocycles. The van der Waals surface area contributed by atoms with Gasteiger partial charge in [-0.25, -0.2) is 4.68 Å². The fraction of sp³-hybridized carbons (Fsp3) is 0.250. The van der Waals surface area contributed by atoms with Crippen LogP contribution in [-0.4, -0.2) is 20.7 Å². The van der Waals surface area contributed by atoms with Crippen molar-refractivity contribution >= 4 is 5.91 Å². The molecule has 128 valence electrons. The Labute approximate surface area is 147 Å². The van der Waals surface area contributed by atoms with Crippen molar-refractivity contribution in [2.75, 3.05) is 0 Å². The van der Waals surface area contributed by atoms with Gasteiger partial charge in [0.2, 0.25) is 5.91 Å². The van der Waals surface area contributed by atoms with Crippen molar-refractivity contribution in [1.29, 1.82) is 0 Å². The van der Waals surface area contributed by atoms with Crippen LogP contribution in [0.15, 0.2) is 54.9 Å². The molecule has 0 fully saturated rings. The number of para-hydroxylation sites is 1. The van der Waals surface area contributed by atoms with Crippen molar-refractivity contribution in [3.8, 4) is 5.69 Å². The van der Waals surface area contributed by atoms with Gasteiger partial charge in [0.25, 0.3) is 0 Å². The average molecular weight is 334 g/mol. The topological polar surface area (TPSA) is 59.8 Å². The van der Waals surface area contributed by atoms with E-state index in [0.29, 0.717) is 19.4 Å². The van der Waals surface area contributed by atoms with Gasteiger partial charge in [-0.3, -0.25) is 9.78 Å². The lowest BCUT2D eigenvalue weighted by Crippen LogP contribution is -2.23. The van der Waals surface area contributed by atoms with E-state index >= 15 is 0 Å². The molecule has 1 aromatic carbocycles. The van der Waals surface area contributed by atoms with Crippen LogP contribution in [0.2, 0.25) is 0 Å². The van der Waals surface area contributed by atoms with Gasteiger partial charge in [0.15, 0.2) is 0 Å². The summed E-state index contributed by atoms with van der Waals surface area (Å²) in [5.41, 5.74) is 5.24. The summed E-state index contributed by atoms with van der Waals surface area (Å²) in [6, 6.07) is 13.9. The molecule has 3 rings (SSSR count). The number of nitrogens with one attached hydrogen (secondary N) is 1. The van der Waals surface area contributed by atoms with Crippen LogP contribution in [0.3, 0.4) is 0 Å². The average Bonchev–Trinajstić information content (AvgIpc) is 2.94. The standard InChI is InChI=1S/C20H22N4O/c1-15-19(16(2)24(23-15)18-8-4-3-5-9-18)10-11-20(25)22-14-17-7-6-12-21-13-17/h3-9,12-13H,10-11,14H2,1-2H3,(H,22,25). The minimum absolute atomic E-state index is 0.0371. The van der Waals surface area contributed by atoms with E-state index in [1.54, 1.807) is 12.4 Å². The lowest BCUT2D eigenvalue weighted by Gasteiger charge is -2.07. The van der Waals surface area contributed by atoms with E-state index in [1.807, 2.05) is 54.1 Å². The van der Waals surface area contributed by atoms with E-state index in [2.05, 4.69) is 22.3 Å². The van der Waals surface area contributed by atoms with Gasteiger partial charge in [0.05, 0.1) is 11.4 Å². The van der Waals surface area contributed by atoms with Crippen LogP contribution < -0.4 is 5.32 Å². The molecule has 3 aromatic rings. The molecule has 0 aliphatic rings. The quantitative estimate of drug-likeness (QED) is 0.753. The molecule has 2 heterocycles. The molecule has 1 N–H and O–H groups in total. The Kier molecular flexibility index (Phi) is 5.23. The summed E-state index contributed by atoms with van der Waals surface area (Å²) in [6.45, 7) is 4.55. The third-order valence-corrected chi connectivity index (χ3v) is 4.26. The van der Waals surface area contributed by atoms with Crippen LogP contribution in [-0.2, 0) is 17.8 Å². The Balaban J connectivity index is 1.61. The van der Waals surface area contributed by atoms with Gasteiger partial charge in [-0.1, -0.05) is 24.3 Å². The maximum Gasteiger partial charge on any atom is 0.220 e. The van der Waals surface area contributed by atoms with Gasteiger partial charge in [-0.15, -0.1) is 0 Å². The second kappa shape index (κ2) is 7.75. The Morgan fingerprint density at radius 2 is 1.92 bits per heavy atom. The second-order valence-corrected chi connectivity index (χ2v) is 6.03. The number of benzene rings is 1. The normalized spacial score (nSPS) is 10.6. The Morgan fingerprint density at radius 1 is 1.12 bits per heavy atom. The maximum atomic E-state index is 12.1. The maximum absolute atomic E-state index is 12.1. The van der Waals surface area contributed by atoms with Crippen LogP contribution in [0, 0.1) is 13.8 Å². The zero-order valence-corrected chi connectivity index (χ0v) is 14.6. The van der Waals surface area contributed by atoms with E-state index < -0.39 is 0 Å². The third kappa shape index (κ3) is 4.12. The fourth-order valence-electron chi connectivity index (χ4n) is 2.89. The number of carbonyl (C=O) groups is 1. The predicted molar refractivity (Wildman–Crippen MR) is 97.4 cm³/mol. The number of rotatable bonds is 6. The van der Waals surface area contributed by atoms with Crippen molar-refractivity contribution in [2.45, 2.75) is 33.2 Å². The van der Waals surface area contributed by atoms with E-state index in [4.69, 9.17) is 0 Å². The van der Waals surface area contributed by atoms with Crippen LogP contribution in [0.5, 0.6) is 0 Å². The number of hydrogen-bond donors (Lipinski definition) is 1. The van der Waals surface area contributed by atoms with Gasteiger partial charge in [0, 0.05) is 31.1 Å². The monoisotopic (exact) mass is 334 g/mol. The molecule has 0 radical (unpaired) electrons. The molecule has 0 aliphatic carbocycles. The number of aromatic nitrogens is 3. The molecule has 0 aliphatic heterocycles. The van der Waals surface area contributed by atoms with Gasteiger partial charge in [-0.05, 0) is 49.6 Å². The van der Waals surface area contributed by atoms with Crippen LogP contribution in [0.1, 0.15) is 28.9 Å². The zero-order chi connectivity index (χ0) is 17.6. The largest absolute Gasteiger partial charge is 0.352 e. The van der Waals surface area contributed by atoms with Crippen LogP contribution >= 0.6 is 0 Å². The minimum atomic E-state index is 0.0371. The van der Waals surface area contributed by atoms with Crippen molar-refractivity contribution in [1.82, 2.24) is 20.1 Å². The molecule has 25 heavy (non-hydrogen) atoms. The molecule has 5 heteroatoms. The lowest BCUT2D eigenvalue weighted by atomic mass is 10.1. The molecule has 0 atom stereocenters. The Morgan fingerprint density at radius 3 is 2.64 bits per heavy atom. The molecule has 5 nitrogen and oxygen atoms in total. The number of aryl methyl sites for hydroxylation is 1. The molecular formula is C20H22N4O. The SMILES string of the molecule is Cc1nn(-c2ccccc2)c(C)c1CCC(=O)NCc1cccnc1.